The lowest BCUT2D eigenvalue weighted by atomic mass is 10.2. The molecule has 1 aromatic carbocycles. The average molecular weight is 330 g/mol. The van der Waals surface area contributed by atoms with E-state index in [2.05, 4.69) is 21.2 Å². The van der Waals surface area contributed by atoms with Crippen molar-refractivity contribution in [2.24, 2.45) is 0 Å². The Balaban J connectivity index is 1.79. The Labute approximate surface area is 118 Å². The molecule has 1 fully saturated rings. The lowest BCUT2D eigenvalue weighted by Gasteiger charge is -2.11. The molecule has 1 saturated heterocycles. The maximum absolute atomic E-state index is 11.6. The zero-order chi connectivity index (χ0) is 13.0. The topological polar surface area (TPSA) is 55.4 Å². The van der Waals surface area contributed by atoms with E-state index in [0.29, 0.717) is 12.2 Å². The van der Waals surface area contributed by atoms with Gasteiger partial charge in [0.1, 0.15) is 5.75 Å². The molecule has 1 aromatic rings. The summed E-state index contributed by atoms with van der Waals surface area (Å²) in [7, 11) is 0. The molecule has 1 aliphatic rings. The van der Waals surface area contributed by atoms with Gasteiger partial charge in [0.05, 0.1) is 6.04 Å². The second kappa shape index (κ2) is 6.24. The molecule has 1 atom stereocenters. The molecule has 4 nitrogen and oxygen atoms in total. The summed E-state index contributed by atoms with van der Waals surface area (Å²) < 4.78 is 6.23. The van der Waals surface area contributed by atoms with E-state index in [1.54, 1.807) is 12.1 Å². The maximum atomic E-state index is 11.6. The molecule has 96 valence electrons. The predicted molar refractivity (Wildman–Crippen MR) is 73.6 cm³/mol. The number of thioether (sulfide) groups is 1. The number of carbonyl (C=O) groups excluding carboxylic acids is 2. The minimum atomic E-state index is -0.353. The standard InChI is InChI=1S/C12H12BrNO3S/c13-8-2-1-3-9(6-8)17-7-11(15)14-10-4-5-18-12(10)16/h1-3,6,10H,4-5,7H2,(H,14,15). The van der Waals surface area contributed by atoms with Crippen LogP contribution in [0.15, 0.2) is 28.7 Å². The van der Waals surface area contributed by atoms with Gasteiger partial charge in [-0.25, -0.2) is 0 Å². The van der Waals surface area contributed by atoms with Crippen LogP contribution >= 0.6 is 27.7 Å². The van der Waals surface area contributed by atoms with Crippen molar-refractivity contribution < 1.29 is 14.3 Å². The number of rotatable bonds is 4. The zero-order valence-electron chi connectivity index (χ0n) is 9.52. The number of hydrogen-bond acceptors (Lipinski definition) is 4. The van der Waals surface area contributed by atoms with Crippen LogP contribution in [0.25, 0.3) is 0 Å². The first-order valence-electron chi connectivity index (χ1n) is 5.49. The van der Waals surface area contributed by atoms with Crippen LogP contribution < -0.4 is 10.1 Å². The second-order valence-electron chi connectivity index (χ2n) is 3.82. The average Bonchev–Trinajstić information content (AvgIpc) is 2.73. The Hall–Kier alpha value is -1.01. The Kier molecular flexibility index (Phi) is 4.66. The van der Waals surface area contributed by atoms with Gasteiger partial charge >= 0.3 is 0 Å². The van der Waals surface area contributed by atoms with Gasteiger partial charge in [-0.1, -0.05) is 33.8 Å². The van der Waals surface area contributed by atoms with Gasteiger partial charge in [-0.3, -0.25) is 9.59 Å². The summed E-state index contributed by atoms with van der Waals surface area (Å²) in [6.45, 7) is -0.0785. The highest BCUT2D eigenvalue weighted by Crippen LogP contribution is 2.20. The number of nitrogens with one attached hydrogen (secondary N) is 1. The van der Waals surface area contributed by atoms with Gasteiger partial charge < -0.3 is 10.1 Å². The van der Waals surface area contributed by atoms with Gasteiger partial charge in [-0.2, -0.15) is 0 Å². The first-order valence-corrected chi connectivity index (χ1v) is 7.27. The third kappa shape index (κ3) is 3.74. The largest absolute Gasteiger partial charge is 0.484 e. The van der Waals surface area contributed by atoms with Crippen molar-refractivity contribution in [3.8, 4) is 5.75 Å². The van der Waals surface area contributed by atoms with Gasteiger partial charge in [-0.15, -0.1) is 0 Å². The predicted octanol–water partition coefficient (Wildman–Crippen LogP) is 1.98. The number of carbonyl (C=O) groups is 2. The quantitative estimate of drug-likeness (QED) is 0.917. The Morgan fingerprint density at radius 2 is 2.39 bits per heavy atom. The number of halogens is 1. The molecule has 0 radical (unpaired) electrons. The summed E-state index contributed by atoms with van der Waals surface area (Å²) >= 11 is 4.58. The third-order valence-corrected chi connectivity index (χ3v) is 3.94. The summed E-state index contributed by atoms with van der Waals surface area (Å²) in [5, 5.41) is 2.70. The van der Waals surface area contributed by atoms with E-state index >= 15 is 0 Å². The van der Waals surface area contributed by atoms with Crippen LogP contribution in [0.5, 0.6) is 5.75 Å². The van der Waals surface area contributed by atoms with Crippen LogP contribution in [-0.2, 0) is 9.59 Å². The Morgan fingerprint density at radius 3 is 3.06 bits per heavy atom. The molecule has 1 unspecified atom stereocenters. The van der Waals surface area contributed by atoms with E-state index in [4.69, 9.17) is 4.74 Å². The van der Waals surface area contributed by atoms with Crippen molar-refractivity contribution in [1.82, 2.24) is 5.32 Å². The minimum Gasteiger partial charge on any atom is -0.484 e. The van der Waals surface area contributed by atoms with E-state index in [1.807, 2.05) is 12.1 Å². The first kappa shape index (κ1) is 13.4. The molecule has 0 spiro atoms. The smallest absolute Gasteiger partial charge is 0.258 e. The molecule has 2 rings (SSSR count). The highest BCUT2D eigenvalue weighted by molar-refractivity contribution is 9.10. The van der Waals surface area contributed by atoms with Crippen molar-refractivity contribution >= 4 is 38.7 Å². The lowest BCUT2D eigenvalue weighted by molar-refractivity contribution is -0.126. The van der Waals surface area contributed by atoms with Crippen LogP contribution in [0.2, 0.25) is 0 Å². The molecule has 1 aliphatic heterocycles. The molecule has 1 N–H and O–H groups in total. The monoisotopic (exact) mass is 329 g/mol. The maximum Gasteiger partial charge on any atom is 0.258 e. The van der Waals surface area contributed by atoms with Crippen LogP contribution in [0.4, 0.5) is 0 Å². The molecular formula is C12H12BrNO3S. The van der Waals surface area contributed by atoms with Crippen LogP contribution in [0.1, 0.15) is 6.42 Å². The van der Waals surface area contributed by atoms with Crippen molar-refractivity contribution in [3.63, 3.8) is 0 Å². The molecule has 0 aromatic heterocycles. The Bertz CT molecular complexity index is 466. The van der Waals surface area contributed by atoms with Crippen LogP contribution in [0.3, 0.4) is 0 Å². The summed E-state index contributed by atoms with van der Waals surface area (Å²) in [5.74, 6) is 1.12. The van der Waals surface area contributed by atoms with Gasteiger partial charge in [0.2, 0.25) is 5.12 Å². The zero-order valence-corrected chi connectivity index (χ0v) is 11.9. The van der Waals surface area contributed by atoms with Gasteiger partial charge in [0.15, 0.2) is 6.61 Å². The van der Waals surface area contributed by atoms with E-state index in [1.165, 1.54) is 11.8 Å². The normalized spacial score (nSPS) is 18.7. The highest BCUT2D eigenvalue weighted by atomic mass is 79.9. The number of ether oxygens (including phenoxy) is 1. The summed E-state index contributed by atoms with van der Waals surface area (Å²) in [4.78, 5) is 22.9. The van der Waals surface area contributed by atoms with E-state index in [9.17, 15) is 9.59 Å². The molecule has 1 amide bonds. The highest BCUT2D eigenvalue weighted by Gasteiger charge is 2.26. The van der Waals surface area contributed by atoms with Crippen molar-refractivity contribution in [3.05, 3.63) is 28.7 Å². The summed E-state index contributed by atoms with van der Waals surface area (Å²) in [6, 6.07) is 6.91. The van der Waals surface area contributed by atoms with Gasteiger partial charge in [0, 0.05) is 10.2 Å². The molecule has 6 heteroatoms. The fourth-order valence-corrected chi connectivity index (χ4v) is 2.88. The molecule has 0 saturated carbocycles. The number of hydrogen-bond donors (Lipinski definition) is 1. The Morgan fingerprint density at radius 1 is 1.56 bits per heavy atom. The van der Waals surface area contributed by atoms with E-state index in [-0.39, 0.29) is 23.7 Å². The number of amides is 1. The molecule has 0 aliphatic carbocycles. The SMILES string of the molecule is O=C(COc1cccc(Br)c1)NC1CCSC1=O. The van der Waals surface area contributed by atoms with Gasteiger partial charge in [-0.05, 0) is 24.6 Å². The molecule has 18 heavy (non-hydrogen) atoms. The van der Waals surface area contributed by atoms with Crippen LogP contribution in [-0.4, -0.2) is 29.4 Å². The third-order valence-electron chi connectivity index (χ3n) is 2.44. The first-order chi connectivity index (χ1) is 8.65. The molecule has 1 heterocycles. The summed E-state index contributed by atoms with van der Waals surface area (Å²) in [6.07, 6.45) is 0.701. The van der Waals surface area contributed by atoms with Crippen LogP contribution in [0, 0.1) is 0 Å². The second-order valence-corrected chi connectivity index (χ2v) is 5.84. The van der Waals surface area contributed by atoms with E-state index < -0.39 is 0 Å². The molecular weight excluding hydrogens is 318 g/mol. The lowest BCUT2D eigenvalue weighted by Crippen LogP contribution is -2.39. The minimum absolute atomic E-state index is 0.0332. The summed E-state index contributed by atoms with van der Waals surface area (Å²) in [5.41, 5.74) is 0. The van der Waals surface area contributed by atoms with Crippen molar-refractivity contribution in [1.29, 1.82) is 0 Å². The van der Waals surface area contributed by atoms with Crippen molar-refractivity contribution in [2.75, 3.05) is 12.4 Å². The van der Waals surface area contributed by atoms with E-state index in [0.717, 1.165) is 10.2 Å². The fourth-order valence-electron chi connectivity index (χ4n) is 1.57. The molecule has 0 bridgehead atoms. The van der Waals surface area contributed by atoms with Gasteiger partial charge in [0.25, 0.3) is 5.91 Å². The van der Waals surface area contributed by atoms with Crippen molar-refractivity contribution in [2.45, 2.75) is 12.5 Å². The number of benzene rings is 1. The fraction of sp³-hybridized carbons (Fsp3) is 0.333.